The van der Waals surface area contributed by atoms with Gasteiger partial charge in [-0.2, -0.15) is 0 Å². The van der Waals surface area contributed by atoms with Gasteiger partial charge in [-0.3, -0.25) is 4.79 Å². The van der Waals surface area contributed by atoms with Gasteiger partial charge in [-0.05, 0) is 33.1 Å². The second-order valence-corrected chi connectivity index (χ2v) is 7.00. The highest BCUT2D eigenvalue weighted by Crippen LogP contribution is 2.19. The summed E-state index contributed by atoms with van der Waals surface area (Å²) in [7, 11) is -3.39. The average Bonchev–Trinajstić information content (AvgIpc) is 2.27. The number of piperidine rings is 1. The molecule has 0 N–H and O–H groups in total. The number of hydrogen-bond donors (Lipinski definition) is 0. The maximum Gasteiger partial charge on any atom is 0.240 e. The molecule has 1 amide bonds. The molecular weight excluding hydrogens is 238 g/mol. The number of rotatable bonds is 4. The molecule has 0 radical (unpaired) electrons. The van der Waals surface area contributed by atoms with Crippen molar-refractivity contribution < 1.29 is 13.2 Å². The minimum Gasteiger partial charge on any atom is -0.339 e. The van der Waals surface area contributed by atoms with Crippen LogP contribution in [0.25, 0.3) is 0 Å². The molecule has 2 atom stereocenters. The second-order valence-electron chi connectivity index (χ2n) is 4.64. The number of amides is 1. The zero-order valence-corrected chi connectivity index (χ0v) is 11.4. The van der Waals surface area contributed by atoms with Crippen LogP contribution in [-0.2, 0) is 14.6 Å². The third-order valence-electron chi connectivity index (χ3n) is 3.32. The summed E-state index contributed by atoms with van der Waals surface area (Å²) < 4.78 is 23.6. The molecule has 1 aliphatic heterocycles. The van der Waals surface area contributed by atoms with Gasteiger partial charge in [0.05, 0.1) is 5.75 Å². The van der Waals surface area contributed by atoms with Crippen molar-refractivity contribution in [2.24, 2.45) is 0 Å². The van der Waals surface area contributed by atoms with Crippen molar-refractivity contribution in [1.29, 1.82) is 0 Å². The number of carbonyl (C=O) groups excluding carboxylic acids is 1. The first-order chi connectivity index (χ1) is 7.90. The zero-order chi connectivity index (χ0) is 13.1. The largest absolute Gasteiger partial charge is 0.339 e. The van der Waals surface area contributed by atoms with E-state index in [1.54, 1.807) is 4.90 Å². The van der Waals surface area contributed by atoms with E-state index in [1.807, 2.05) is 6.92 Å². The Balaban J connectivity index is 2.78. The van der Waals surface area contributed by atoms with Crippen LogP contribution in [-0.4, -0.2) is 42.8 Å². The summed E-state index contributed by atoms with van der Waals surface area (Å²) in [4.78, 5) is 13.8. The molecule has 98 valence electrons. The summed E-state index contributed by atoms with van der Waals surface area (Å²) in [5.41, 5.74) is 0. The van der Waals surface area contributed by atoms with E-state index < -0.39 is 15.1 Å². The lowest BCUT2D eigenvalue weighted by Gasteiger charge is -2.35. The van der Waals surface area contributed by atoms with E-state index in [-0.39, 0.29) is 17.7 Å². The van der Waals surface area contributed by atoms with Crippen LogP contribution >= 0.6 is 0 Å². The molecule has 4 nitrogen and oxygen atoms in total. The van der Waals surface area contributed by atoms with Crippen molar-refractivity contribution in [3.05, 3.63) is 12.7 Å². The third-order valence-corrected chi connectivity index (χ3v) is 5.30. The first-order valence-corrected chi connectivity index (χ1v) is 7.74. The molecule has 0 aromatic carbocycles. The van der Waals surface area contributed by atoms with Gasteiger partial charge >= 0.3 is 0 Å². The van der Waals surface area contributed by atoms with Crippen LogP contribution in [0.15, 0.2) is 12.7 Å². The van der Waals surface area contributed by atoms with Crippen LogP contribution in [0.2, 0.25) is 0 Å². The van der Waals surface area contributed by atoms with E-state index in [4.69, 9.17) is 0 Å². The molecule has 1 saturated heterocycles. The van der Waals surface area contributed by atoms with Gasteiger partial charge in [0, 0.05) is 12.6 Å². The molecule has 0 saturated carbocycles. The summed E-state index contributed by atoms with van der Waals surface area (Å²) in [5.74, 6) is -0.402. The van der Waals surface area contributed by atoms with Gasteiger partial charge in [-0.25, -0.2) is 8.42 Å². The fraction of sp³-hybridized carbons (Fsp3) is 0.750. The molecule has 5 heteroatoms. The number of nitrogens with zero attached hydrogens (tertiary/aromatic N) is 1. The van der Waals surface area contributed by atoms with Crippen LogP contribution < -0.4 is 0 Å². The fourth-order valence-electron chi connectivity index (χ4n) is 2.12. The smallest absolute Gasteiger partial charge is 0.240 e. The molecule has 0 bridgehead atoms. The Morgan fingerprint density at radius 1 is 1.53 bits per heavy atom. The maximum absolute atomic E-state index is 12.1. The number of hydrogen-bond acceptors (Lipinski definition) is 3. The Bertz CT molecular complexity index is 389. The van der Waals surface area contributed by atoms with Crippen molar-refractivity contribution in [3.63, 3.8) is 0 Å². The molecule has 17 heavy (non-hydrogen) atoms. The van der Waals surface area contributed by atoms with Crippen molar-refractivity contribution in [1.82, 2.24) is 4.90 Å². The quantitative estimate of drug-likeness (QED) is 0.717. The molecule has 0 aromatic heterocycles. The van der Waals surface area contributed by atoms with Crippen LogP contribution in [0.5, 0.6) is 0 Å². The first-order valence-electron chi connectivity index (χ1n) is 6.03. The molecule has 1 rings (SSSR count). The van der Waals surface area contributed by atoms with E-state index >= 15 is 0 Å². The van der Waals surface area contributed by atoms with Gasteiger partial charge < -0.3 is 4.90 Å². The third kappa shape index (κ3) is 3.31. The molecule has 1 aliphatic rings. The van der Waals surface area contributed by atoms with Gasteiger partial charge in [0.15, 0.2) is 9.84 Å². The summed E-state index contributed by atoms with van der Waals surface area (Å²) in [6, 6.07) is 0.151. The van der Waals surface area contributed by atoms with Gasteiger partial charge in [0.1, 0.15) is 5.25 Å². The SMILES string of the molecule is C=CCS(=O)(=O)C(C)C(=O)N1CCCCC1C. The minimum absolute atomic E-state index is 0.137. The molecule has 1 fully saturated rings. The number of sulfone groups is 1. The lowest BCUT2D eigenvalue weighted by atomic mass is 10.0. The lowest BCUT2D eigenvalue weighted by Crippen LogP contribution is -2.48. The predicted octanol–water partition coefficient (Wildman–Crippen LogP) is 1.38. The van der Waals surface area contributed by atoms with Crippen molar-refractivity contribution in [2.45, 2.75) is 44.4 Å². The highest BCUT2D eigenvalue weighted by Gasteiger charge is 2.33. The molecule has 0 aromatic rings. The predicted molar refractivity (Wildman–Crippen MR) is 68.5 cm³/mol. The van der Waals surface area contributed by atoms with Crippen molar-refractivity contribution in [2.75, 3.05) is 12.3 Å². The highest BCUT2D eigenvalue weighted by molar-refractivity contribution is 7.92. The van der Waals surface area contributed by atoms with Gasteiger partial charge in [0.25, 0.3) is 0 Å². The first kappa shape index (κ1) is 14.2. The second kappa shape index (κ2) is 5.67. The summed E-state index contributed by atoms with van der Waals surface area (Å²) >= 11 is 0. The lowest BCUT2D eigenvalue weighted by molar-refractivity contribution is -0.133. The van der Waals surface area contributed by atoms with Crippen LogP contribution in [0.4, 0.5) is 0 Å². The Morgan fingerprint density at radius 2 is 2.18 bits per heavy atom. The molecule has 1 heterocycles. The fourth-order valence-corrected chi connectivity index (χ4v) is 3.18. The van der Waals surface area contributed by atoms with E-state index in [2.05, 4.69) is 6.58 Å². The normalized spacial score (nSPS) is 23.2. The zero-order valence-electron chi connectivity index (χ0n) is 10.6. The Labute approximate surface area is 104 Å². The number of carbonyl (C=O) groups is 1. The Hall–Kier alpha value is -0.840. The topological polar surface area (TPSA) is 54.5 Å². The monoisotopic (exact) mass is 259 g/mol. The molecular formula is C12H21NO3S. The van der Waals surface area contributed by atoms with Crippen molar-refractivity contribution in [3.8, 4) is 0 Å². The Kier molecular flexibility index (Phi) is 4.74. The average molecular weight is 259 g/mol. The minimum atomic E-state index is -3.39. The van der Waals surface area contributed by atoms with Crippen LogP contribution in [0.1, 0.15) is 33.1 Å². The summed E-state index contributed by atoms with van der Waals surface area (Å²) in [6.45, 7) is 7.54. The Morgan fingerprint density at radius 3 is 2.71 bits per heavy atom. The van der Waals surface area contributed by atoms with E-state index in [0.717, 1.165) is 19.3 Å². The maximum atomic E-state index is 12.1. The van der Waals surface area contributed by atoms with E-state index in [0.29, 0.717) is 6.54 Å². The van der Waals surface area contributed by atoms with Crippen LogP contribution in [0, 0.1) is 0 Å². The summed E-state index contributed by atoms with van der Waals surface area (Å²) in [5, 5.41) is -0.957. The summed E-state index contributed by atoms with van der Waals surface area (Å²) in [6.07, 6.45) is 4.36. The standard InChI is InChI=1S/C12H21NO3S/c1-4-9-17(15,16)11(3)12(14)13-8-6-5-7-10(13)2/h4,10-11H,1,5-9H2,2-3H3. The molecule has 2 unspecified atom stereocenters. The highest BCUT2D eigenvalue weighted by atomic mass is 32.2. The van der Waals surface area contributed by atoms with Gasteiger partial charge in [-0.15, -0.1) is 6.58 Å². The molecule has 0 spiro atoms. The van der Waals surface area contributed by atoms with Crippen molar-refractivity contribution >= 4 is 15.7 Å². The number of likely N-dealkylation sites (tertiary alicyclic amines) is 1. The van der Waals surface area contributed by atoms with Gasteiger partial charge in [-0.1, -0.05) is 6.08 Å². The van der Waals surface area contributed by atoms with Crippen LogP contribution in [0.3, 0.4) is 0 Å². The van der Waals surface area contributed by atoms with E-state index in [1.165, 1.54) is 13.0 Å². The van der Waals surface area contributed by atoms with Gasteiger partial charge in [0.2, 0.25) is 5.91 Å². The molecule has 0 aliphatic carbocycles. The van der Waals surface area contributed by atoms with E-state index in [9.17, 15) is 13.2 Å².